The summed E-state index contributed by atoms with van der Waals surface area (Å²) in [4.78, 5) is 13.6. The smallest absolute Gasteiger partial charge is 0.222 e. The molecule has 1 amide bonds. The number of nitrogens with one attached hydrogen (secondary N) is 1. The van der Waals surface area contributed by atoms with Gasteiger partial charge in [-0.3, -0.25) is 9.48 Å². The number of hydrogen-bond donors (Lipinski definition) is 2. The number of carbonyl (C=O) groups excluding carboxylic acids is 1. The molecule has 0 radical (unpaired) electrons. The minimum absolute atomic E-state index is 0.0496. The molecule has 0 saturated carbocycles. The molecule has 1 aromatic rings. The summed E-state index contributed by atoms with van der Waals surface area (Å²) in [7, 11) is 3.88. The van der Waals surface area contributed by atoms with Gasteiger partial charge in [-0.15, -0.1) is 0 Å². The predicted molar refractivity (Wildman–Crippen MR) is 74.8 cm³/mol. The van der Waals surface area contributed by atoms with Crippen LogP contribution in [0.4, 0.5) is 5.82 Å². The summed E-state index contributed by atoms with van der Waals surface area (Å²) < 4.78 is 1.91. The van der Waals surface area contributed by atoms with Gasteiger partial charge in [-0.1, -0.05) is 0 Å². The Hall–Kier alpha value is -1.56. The zero-order chi connectivity index (χ0) is 14.0. The van der Waals surface area contributed by atoms with Crippen LogP contribution >= 0.6 is 0 Å². The van der Waals surface area contributed by atoms with Crippen molar-refractivity contribution in [2.24, 2.45) is 18.7 Å². The highest BCUT2D eigenvalue weighted by Crippen LogP contribution is 2.27. The second kappa shape index (κ2) is 5.61. The number of anilines is 1. The van der Waals surface area contributed by atoms with Crippen LogP contribution in [0, 0.1) is 12.8 Å². The molecule has 0 aromatic carbocycles. The molecule has 6 nitrogen and oxygen atoms in total. The first-order valence-corrected chi connectivity index (χ1v) is 6.76. The van der Waals surface area contributed by atoms with Crippen LogP contribution in [-0.4, -0.2) is 35.8 Å². The summed E-state index contributed by atoms with van der Waals surface area (Å²) in [5, 5.41) is 7.67. The van der Waals surface area contributed by atoms with E-state index in [1.165, 1.54) is 5.56 Å². The Morgan fingerprint density at radius 1 is 1.58 bits per heavy atom. The molecule has 0 aliphatic carbocycles. The van der Waals surface area contributed by atoms with Crippen LogP contribution in [0.25, 0.3) is 0 Å². The molecular formula is C13H23N5O. The molecule has 2 heterocycles. The maximum absolute atomic E-state index is 11.4. The van der Waals surface area contributed by atoms with E-state index in [0.717, 1.165) is 37.4 Å². The van der Waals surface area contributed by atoms with Gasteiger partial charge in [-0.2, -0.15) is 5.10 Å². The van der Waals surface area contributed by atoms with Crippen molar-refractivity contribution in [1.82, 2.24) is 15.1 Å². The van der Waals surface area contributed by atoms with Gasteiger partial charge in [0.2, 0.25) is 5.91 Å². The fourth-order valence-electron chi connectivity index (χ4n) is 2.87. The number of nitrogens with two attached hydrogens (primary N) is 1. The van der Waals surface area contributed by atoms with Crippen molar-refractivity contribution >= 4 is 11.7 Å². The summed E-state index contributed by atoms with van der Waals surface area (Å²) in [5.74, 6) is 0.864. The summed E-state index contributed by atoms with van der Waals surface area (Å²) >= 11 is 0. The summed E-state index contributed by atoms with van der Waals surface area (Å²) in [6.07, 6.45) is 1.89. The summed E-state index contributed by atoms with van der Waals surface area (Å²) in [6.45, 7) is 4.46. The Kier molecular flexibility index (Phi) is 4.09. The topological polar surface area (TPSA) is 76.2 Å². The average Bonchev–Trinajstić information content (AvgIpc) is 2.65. The second-order valence-corrected chi connectivity index (χ2v) is 5.23. The van der Waals surface area contributed by atoms with Crippen molar-refractivity contribution in [3.63, 3.8) is 0 Å². The van der Waals surface area contributed by atoms with E-state index in [0.29, 0.717) is 6.54 Å². The molecule has 19 heavy (non-hydrogen) atoms. The molecule has 6 heteroatoms. The van der Waals surface area contributed by atoms with Crippen molar-refractivity contribution in [3.05, 3.63) is 11.3 Å². The lowest BCUT2D eigenvalue weighted by molar-refractivity contribution is -0.122. The molecule has 1 saturated heterocycles. The fourth-order valence-corrected chi connectivity index (χ4v) is 2.87. The molecule has 1 aliphatic rings. The summed E-state index contributed by atoms with van der Waals surface area (Å²) in [5.41, 5.74) is 7.69. The Labute approximate surface area is 113 Å². The normalized spacial score (nSPS) is 19.7. The Balaban J connectivity index is 2.27. The number of nitrogens with zero attached hydrogens (tertiary/aromatic N) is 3. The molecule has 0 spiro atoms. The number of rotatable bonds is 4. The zero-order valence-electron chi connectivity index (χ0n) is 11.9. The van der Waals surface area contributed by atoms with E-state index >= 15 is 0 Å². The van der Waals surface area contributed by atoms with Gasteiger partial charge in [-0.25, -0.2) is 0 Å². The monoisotopic (exact) mass is 265 g/mol. The molecule has 106 valence electrons. The van der Waals surface area contributed by atoms with E-state index in [9.17, 15) is 4.79 Å². The van der Waals surface area contributed by atoms with Crippen LogP contribution < -0.4 is 16.0 Å². The molecule has 1 aromatic heterocycles. The minimum Gasteiger partial charge on any atom is -0.369 e. The number of hydrogen-bond acceptors (Lipinski definition) is 4. The van der Waals surface area contributed by atoms with Crippen LogP contribution in [0.1, 0.15) is 24.1 Å². The molecule has 0 bridgehead atoms. The third kappa shape index (κ3) is 2.73. The number of amides is 1. The molecule has 1 unspecified atom stereocenters. The van der Waals surface area contributed by atoms with E-state index in [1.54, 1.807) is 0 Å². The molecule has 1 aliphatic heterocycles. The van der Waals surface area contributed by atoms with Crippen LogP contribution in [0.2, 0.25) is 0 Å². The van der Waals surface area contributed by atoms with Crippen molar-refractivity contribution in [3.8, 4) is 0 Å². The standard InChI is InChI=1S/C13H23N5O/c1-9-11(7-15-2)13(17(3)16-9)18-6-4-5-10(8-18)12(14)19/h10,15H,4-8H2,1-3H3,(H2,14,19). The highest BCUT2D eigenvalue weighted by Gasteiger charge is 2.27. The van der Waals surface area contributed by atoms with Crippen molar-refractivity contribution in [2.45, 2.75) is 26.3 Å². The maximum Gasteiger partial charge on any atom is 0.222 e. The Morgan fingerprint density at radius 2 is 2.32 bits per heavy atom. The van der Waals surface area contributed by atoms with Crippen LogP contribution in [-0.2, 0) is 18.4 Å². The van der Waals surface area contributed by atoms with Crippen molar-refractivity contribution < 1.29 is 4.79 Å². The lowest BCUT2D eigenvalue weighted by Crippen LogP contribution is -2.42. The van der Waals surface area contributed by atoms with Crippen molar-refractivity contribution in [2.75, 3.05) is 25.0 Å². The molecular weight excluding hydrogens is 242 g/mol. The van der Waals surface area contributed by atoms with Gasteiger partial charge in [0.1, 0.15) is 5.82 Å². The molecule has 1 atom stereocenters. The zero-order valence-corrected chi connectivity index (χ0v) is 11.9. The minimum atomic E-state index is -0.196. The summed E-state index contributed by atoms with van der Waals surface area (Å²) in [6, 6.07) is 0. The van der Waals surface area contributed by atoms with Gasteiger partial charge in [0, 0.05) is 32.2 Å². The predicted octanol–water partition coefficient (Wildman–Crippen LogP) is 0.150. The first-order chi connectivity index (χ1) is 9.04. The van der Waals surface area contributed by atoms with E-state index in [4.69, 9.17) is 5.73 Å². The van der Waals surface area contributed by atoms with Crippen molar-refractivity contribution in [1.29, 1.82) is 0 Å². The number of carbonyl (C=O) groups is 1. The number of piperidine rings is 1. The molecule has 1 fully saturated rings. The van der Waals surface area contributed by atoms with Gasteiger partial charge in [0.05, 0.1) is 11.6 Å². The largest absolute Gasteiger partial charge is 0.369 e. The van der Waals surface area contributed by atoms with E-state index < -0.39 is 0 Å². The van der Waals surface area contributed by atoms with E-state index in [2.05, 4.69) is 15.3 Å². The maximum atomic E-state index is 11.4. The second-order valence-electron chi connectivity index (χ2n) is 5.23. The van der Waals surface area contributed by atoms with Crippen LogP contribution in [0.15, 0.2) is 0 Å². The highest BCUT2D eigenvalue weighted by atomic mass is 16.1. The fraction of sp³-hybridized carbons (Fsp3) is 0.692. The van der Waals surface area contributed by atoms with Gasteiger partial charge in [0.25, 0.3) is 0 Å². The average molecular weight is 265 g/mol. The van der Waals surface area contributed by atoms with Gasteiger partial charge in [0.15, 0.2) is 0 Å². The first kappa shape index (κ1) is 13.9. The molecule has 2 rings (SSSR count). The van der Waals surface area contributed by atoms with E-state index in [1.807, 2.05) is 25.7 Å². The third-order valence-corrected chi connectivity index (χ3v) is 3.79. The quantitative estimate of drug-likeness (QED) is 0.812. The highest BCUT2D eigenvalue weighted by molar-refractivity contribution is 5.77. The van der Waals surface area contributed by atoms with Crippen LogP contribution in [0.3, 0.4) is 0 Å². The lowest BCUT2D eigenvalue weighted by atomic mass is 9.97. The Bertz CT molecular complexity index is 468. The van der Waals surface area contributed by atoms with E-state index in [-0.39, 0.29) is 11.8 Å². The molecule has 3 N–H and O–H groups in total. The Morgan fingerprint density at radius 3 is 2.95 bits per heavy atom. The van der Waals surface area contributed by atoms with Gasteiger partial charge >= 0.3 is 0 Å². The number of aromatic nitrogens is 2. The van der Waals surface area contributed by atoms with Gasteiger partial charge < -0.3 is 16.0 Å². The third-order valence-electron chi connectivity index (χ3n) is 3.79. The number of primary amides is 1. The number of aryl methyl sites for hydroxylation is 2. The SMILES string of the molecule is CNCc1c(C)nn(C)c1N1CCCC(C(N)=O)C1. The first-order valence-electron chi connectivity index (χ1n) is 6.76. The lowest BCUT2D eigenvalue weighted by Gasteiger charge is -2.33. The van der Waals surface area contributed by atoms with Crippen LogP contribution in [0.5, 0.6) is 0 Å². The van der Waals surface area contributed by atoms with Gasteiger partial charge in [-0.05, 0) is 26.8 Å².